The van der Waals surface area contributed by atoms with E-state index in [1.165, 1.54) is 0 Å². The van der Waals surface area contributed by atoms with Crippen LogP contribution in [0, 0.1) is 0 Å². The van der Waals surface area contributed by atoms with Gasteiger partial charge in [-0.25, -0.2) is 29.9 Å². The second kappa shape index (κ2) is 25.1. The minimum atomic E-state index is 0.354. The molecular formula is C82H58N12. The molecule has 0 radical (unpaired) electrons. The van der Waals surface area contributed by atoms with Gasteiger partial charge in [0.25, 0.3) is 0 Å². The van der Waals surface area contributed by atoms with Crippen molar-refractivity contribution in [2.24, 2.45) is 0 Å². The van der Waals surface area contributed by atoms with E-state index in [9.17, 15) is 0 Å². The van der Waals surface area contributed by atoms with E-state index >= 15 is 0 Å². The summed E-state index contributed by atoms with van der Waals surface area (Å²) in [6.45, 7) is 0. The normalized spacial score (nSPS) is 11.4. The summed E-state index contributed by atoms with van der Waals surface area (Å²) in [7, 11) is 0. The fourth-order valence-corrected chi connectivity index (χ4v) is 12.2. The molecule has 0 amide bonds. The van der Waals surface area contributed by atoms with E-state index in [1.54, 1.807) is 0 Å². The van der Waals surface area contributed by atoms with Crippen LogP contribution >= 0.6 is 0 Å². The number of nitrogens with one attached hydrogen (secondary N) is 2. The monoisotopic (exact) mass is 1210 g/mol. The maximum Gasteiger partial charge on any atom is 0.200 e. The van der Waals surface area contributed by atoms with Crippen LogP contribution in [0.3, 0.4) is 0 Å². The molecule has 0 fully saturated rings. The molecule has 16 rings (SSSR count). The highest BCUT2D eigenvalue weighted by Gasteiger charge is 2.27. The molecule has 1 aliphatic heterocycles. The number of benzene rings is 12. The summed E-state index contributed by atoms with van der Waals surface area (Å²) in [5.74, 6) is 1.84. The first-order valence-electron chi connectivity index (χ1n) is 31.2. The van der Waals surface area contributed by atoms with Crippen molar-refractivity contribution in [2.75, 3.05) is 30.2 Å². The van der Waals surface area contributed by atoms with Gasteiger partial charge in [-0.1, -0.05) is 194 Å². The highest BCUT2D eigenvalue weighted by Crippen LogP contribution is 2.45. The Morgan fingerprint density at radius 3 is 0.511 bits per heavy atom. The van der Waals surface area contributed by atoms with Crippen molar-refractivity contribution in [3.8, 4) is 45.0 Å². The fraction of sp³-hybridized carbons (Fsp3) is 0. The highest BCUT2D eigenvalue weighted by molar-refractivity contribution is 5.93. The molecule has 3 aromatic heterocycles. The summed E-state index contributed by atoms with van der Waals surface area (Å²) in [5, 5.41) is 7.10. The van der Waals surface area contributed by atoms with E-state index in [-0.39, 0.29) is 0 Å². The number of nitrogens with zero attached hydrogens (tertiary/aromatic N) is 10. The van der Waals surface area contributed by atoms with Crippen molar-refractivity contribution in [2.45, 2.75) is 0 Å². The zero-order valence-corrected chi connectivity index (χ0v) is 50.8. The van der Waals surface area contributed by atoms with Gasteiger partial charge in [0.2, 0.25) is 11.3 Å². The molecule has 0 saturated carbocycles. The van der Waals surface area contributed by atoms with Gasteiger partial charge in [0, 0.05) is 90.5 Å². The van der Waals surface area contributed by atoms with Crippen LogP contribution in [-0.2, 0) is 0 Å². The number of anilines is 16. The van der Waals surface area contributed by atoms with E-state index < -0.39 is 0 Å². The molecule has 1 aliphatic rings. The third kappa shape index (κ3) is 11.2. The van der Waals surface area contributed by atoms with Crippen molar-refractivity contribution in [3.05, 3.63) is 340 Å². The summed E-state index contributed by atoms with van der Waals surface area (Å²) in [5.41, 5.74) is 19.1. The minimum absolute atomic E-state index is 0.354. The van der Waals surface area contributed by atoms with Crippen molar-refractivity contribution < 1.29 is 0 Å². The van der Waals surface area contributed by atoms with E-state index in [1.807, 2.05) is 48.5 Å². The van der Waals surface area contributed by atoms with E-state index in [4.69, 9.17) is 29.9 Å². The predicted molar refractivity (Wildman–Crippen MR) is 384 cm³/mol. The third-order valence-corrected chi connectivity index (χ3v) is 16.6. The average Bonchev–Trinajstić information content (AvgIpc) is 0.768. The Balaban J connectivity index is 0.808. The molecule has 0 spiro atoms. The zero-order chi connectivity index (χ0) is 62.6. The topological polar surface area (TPSA) is 114 Å². The summed E-state index contributed by atoms with van der Waals surface area (Å²) in [4.78, 5) is 41.1. The maximum atomic E-state index is 5.45. The minimum Gasteiger partial charge on any atom is -0.319 e. The Morgan fingerprint density at radius 1 is 0.160 bits per heavy atom. The average molecular weight is 1210 g/mol. The number of hydrogen-bond donors (Lipinski definition) is 2. The van der Waals surface area contributed by atoms with Gasteiger partial charge >= 0.3 is 0 Å². The number of rotatable bonds is 16. The van der Waals surface area contributed by atoms with Gasteiger partial charge in [0.15, 0.2) is 23.3 Å². The van der Waals surface area contributed by atoms with Crippen molar-refractivity contribution in [1.29, 1.82) is 0 Å². The van der Waals surface area contributed by atoms with Crippen LogP contribution < -0.4 is 30.2 Å². The van der Waals surface area contributed by atoms with Crippen LogP contribution in [0.4, 0.5) is 91.5 Å². The van der Waals surface area contributed by atoms with Crippen LogP contribution in [0.1, 0.15) is 0 Å². The third-order valence-electron chi connectivity index (χ3n) is 16.6. The Bertz CT molecular complexity index is 4600. The maximum absolute atomic E-state index is 5.45. The van der Waals surface area contributed by atoms with Crippen LogP contribution in [0.25, 0.3) is 56.3 Å². The van der Waals surface area contributed by atoms with Crippen molar-refractivity contribution in [1.82, 2.24) is 29.9 Å². The highest BCUT2D eigenvalue weighted by atomic mass is 15.3. The van der Waals surface area contributed by atoms with Crippen LogP contribution in [0.2, 0.25) is 0 Å². The van der Waals surface area contributed by atoms with E-state index in [0.29, 0.717) is 57.3 Å². The molecular weight excluding hydrogens is 1150 g/mol. The molecule has 12 nitrogen and oxygen atoms in total. The van der Waals surface area contributed by atoms with E-state index in [2.05, 4.69) is 321 Å². The molecule has 0 saturated heterocycles. The zero-order valence-electron chi connectivity index (χ0n) is 50.8. The molecule has 15 aromatic rings. The number of hydrogen-bond acceptors (Lipinski definition) is 12. The second-order valence-electron chi connectivity index (χ2n) is 22.6. The van der Waals surface area contributed by atoms with Gasteiger partial charge in [-0.05, 0) is 146 Å². The SMILES string of the molecule is c1ccc(N(c2ccccc2)c2ccc(-c3nc4c(nc3-c3ccc(N(c5ccccc5)c5ccccc5)cc3)Nc3nc5nc(-c6ccc(N(c7ccccc7)c7ccccc7)cc6)c(-c6ccc(N(c7ccccc7)c7ccccc7)cc6)nc5nc3N4)cc2)cc1. The molecule has 0 bridgehead atoms. The molecule has 0 unspecified atom stereocenters. The summed E-state index contributed by atoms with van der Waals surface area (Å²) >= 11 is 0. The smallest absolute Gasteiger partial charge is 0.200 e. The lowest BCUT2D eigenvalue weighted by Crippen LogP contribution is -2.15. The molecule has 0 atom stereocenters. The fourth-order valence-electron chi connectivity index (χ4n) is 12.2. The van der Waals surface area contributed by atoms with Gasteiger partial charge < -0.3 is 30.2 Å². The molecule has 94 heavy (non-hydrogen) atoms. The van der Waals surface area contributed by atoms with Gasteiger partial charge in [-0.3, -0.25) is 0 Å². The first kappa shape index (κ1) is 56.2. The first-order chi connectivity index (χ1) is 46.6. The standard InChI is InChI=1S/C82H58N12/c1-9-25-61(26-10-1)91(62-27-11-2-12-28-62)69-49-41-57(42-50-69)73-74(58-43-51-70(52-44-58)92(63-29-13-3-14-30-63)64-31-15-4-16-32-64)84-78-77(83-73)87-81-82(88-78)90-80-79(89-81)85-75(59-45-53-71(54-46-59)93(65-33-17-5-18-34-65)66-35-19-6-20-36-66)76(86-80)60-47-55-72(56-48-60)94(67-37-21-7-22-38-67)68-39-23-8-24-40-68/h1-56H,(H,83,85,87,89)(H,84,86,88,90). The van der Waals surface area contributed by atoms with Gasteiger partial charge in [0.05, 0.1) is 22.8 Å². The van der Waals surface area contributed by atoms with Gasteiger partial charge in [-0.15, -0.1) is 0 Å². The largest absolute Gasteiger partial charge is 0.319 e. The molecule has 12 heteroatoms. The lowest BCUT2D eigenvalue weighted by molar-refractivity contribution is 1.12. The summed E-state index contributed by atoms with van der Waals surface area (Å²) in [6, 6.07) is 117. The Kier molecular flexibility index (Phi) is 15.0. The molecule has 4 heterocycles. The number of para-hydroxylation sites is 8. The van der Waals surface area contributed by atoms with Gasteiger partial charge in [0.1, 0.15) is 0 Å². The Morgan fingerprint density at radius 2 is 0.319 bits per heavy atom. The van der Waals surface area contributed by atoms with Crippen molar-refractivity contribution >= 4 is 103 Å². The Hall–Kier alpha value is -13.1. The summed E-state index contributed by atoms with van der Waals surface area (Å²) in [6.07, 6.45) is 0. The molecule has 446 valence electrons. The predicted octanol–water partition coefficient (Wildman–Crippen LogP) is 21.6. The number of fused-ring (bicyclic) bond motifs is 3. The van der Waals surface area contributed by atoms with Crippen LogP contribution in [0.15, 0.2) is 340 Å². The Labute approximate surface area is 544 Å². The first-order valence-corrected chi connectivity index (χ1v) is 31.2. The molecule has 0 aliphatic carbocycles. The molecule has 2 N–H and O–H groups in total. The lowest BCUT2D eigenvalue weighted by atomic mass is 10.0. The molecule has 12 aromatic carbocycles. The van der Waals surface area contributed by atoms with Gasteiger partial charge in [-0.2, -0.15) is 0 Å². The van der Waals surface area contributed by atoms with Crippen LogP contribution in [-0.4, -0.2) is 29.9 Å². The second-order valence-corrected chi connectivity index (χ2v) is 22.6. The lowest BCUT2D eigenvalue weighted by Gasteiger charge is -2.26. The number of aromatic nitrogens is 6. The van der Waals surface area contributed by atoms with E-state index in [0.717, 1.165) is 90.5 Å². The quantitative estimate of drug-likeness (QED) is 0.0960. The summed E-state index contributed by atoms with van der Waals surface area (Å²) < 4.78 is 0. The van der Waals surface area contributed by atoms with Crippen molar-refractivity contribution in [3.63, 3.8) is 0 Å². The van der Waals surface area contributed by atoms with Crippen LogP contribution in [0.5, 0.6) is 0 Å².